The van der Waals surface area contributed by atoms with Crippen molar-refractivity contribution in [1.82, 2.24) is 20.8 Å². The van der Waals surface area contributed by atoms with Gasteiger partial charge in [-0.2, -0.15) is 4.98 Å². The highest BCUT2D eigenvalue weighted by atomic mass is 32.1. The fourth-order valence-corrected chi connectivity index (χ4v) is 4.86. The Bertz CT molecular complexity index is 1060. The van der Waals surface area contributed by atoms with Crippen LogP contribution < -0.4 is 10.6 Å². The number of benzene rings is 1. The van der Waals surface area contributed by atoms with E-state index in [1.807, 2.05) is 48.7 Å². The first-order valence-corrected chi connectivity index (χ1v) is 11.5. The molecule has 8 nitrogen and oxygen atoms in total. The summed E-state index contributed by atoms with van der Waals surface area (Å²) in [6, 6.07) is 11.2. The number of ether oxygens (including phenoxy) is 1. The van der Waals surface area contributed by atoms with E-state index in [0.717, 1.165) is 11.1 Å². The van der Waals surface area contributed by atoms with E-state index >= 15 is 0 Å². The van der Waals surface area contributed by atoms with E-state index in [-0.39, 0.29) is 29.7 Å². The van der Waals surface area contributed by atoms with Crippen LogP contribution in [0.3, 0.4) is 0 Å². The molecule has 9 heteroatoms. The molecular weight excluding hydrogens is 428 g/mol. The van der Waals surface area contributed by atoms with Gasteiger partial charge >= 0.3 is 0 Å². The van der Waals surface area contributed by atoms with Crippen molar-refractivity contribution in [2.75, 3.05) is 20.3 Å². The summed E-state index contributed by atoms with van der Waals surface area (Å²) in [7, 11) is 1.59. The van der Waals surface area contributed by atoms with E-state index in [2.05, 4.69) is 20.8 Å². The third kappa shape index (κ3) is 4.89. The number of carbonyl (C=O) groups is 2. The molecule has 3 aromatic rings. The zero-order valence-corrected chi connectivity index (χ0v) is 18.9. The molecule has 168 valence electrons. The van der Waals surface area contributed by atoms with Gasteiger partial charge in [-0.05, 0) is 36.8 Å². The van der Waals surface area contributed by atoms with E-state index in [1.165, 1.54) is 11.3 Å². The number of amides is 2. The van der Waals surface area contributed by atoms with Crippen molar-refractivity contribution < 1.29 is 18.8 Å². The van der Waals surface area contributed by atoms with Gasteiger partial charge in [0.1, 0.15) is 0 Å². The van der Waals surface area contributed by atoms with E-state index in [0.29, 0.717) is 42.6 Å². The third-order valence-corrected chi connectivity index (χ3v) is 6.73. The van der Waals surface area contributed by atoms with Crippen LogP contribution in [0.5, 0.6) is 0 Å². The van der Waals surface area contributed by atoms with Crippen molar-refractivity contribution in [3.05, 3.63) is 58.1 Å². The molecule has 0 saturated heterocycles. The molecule has 2 amide bonds. The summed E-state index contributed by atoms with van der Waals surface area (Å²) in [6.07, 6.45) is 1.02. The quantitative estimate of drug-likeness (QED) is 0.507. The number of methoxy groups -OCH3 is 1. The van der Waals surface area contributed by atoms with Crippen LogP contribution in [0.1, 0.15) is 39.9 Å². The van der Waals surface area contributed by atoms with Crippen LogP contribution in [-0.2, 0) is 9.53 Å². The Morgan fingerprint density at radius 2 is 2.03 bits per heavy atom. The lowest BCUT2D eigenvalue weighted by Gasteiger charge is -2.17. The van der Waals surface area contributed by atoms with Crippen LogP contribution in [0.4, 0.5) is 0 Å². The zero-order chi connectivity index (χ0) is 22.5. The summed E-state index contributed by atoms with van der Waals surface area (Å²) in [5.74, 6) is 0.215. The van der Waals surface area contributed by atoms with Crippen molar-refractivity contribution in [3.8, 4) is 11.4 Å². The number of nitrogens with one attached hydrogen (secondary N) is 2. The molecule has 0 radical (unpaired) electrons. The van der Waals surface area contributed by atoms with Crippen molar-refractivity contribution in [1.29, 1.82) is 0 Å². The molecule has 1 fully saturated rings. The summed E-state index contributed by atoms with van der Waals surface area (Å²) in [6.45, 7) is 2.80. The molecule has 0 spiro atoms. The van der Waals surface area contributed by atoms with Gasteiger partial charge < -0.3 is 19.9 Å². The average molecular weight is 455 g/mol. The first-order chi connectivity index (χ1) is 15.6. The number of carbonyl (C=O) groups excluding carboxylic acids is 2. The second-order valence-corrected chi connectivity index (χ2v) is 8.81. The normalized spacial score (nSPS) is 20.2. The molecule has 1 aromatic carbocycles. The van der Waals surface area contributed by atoms with Crippen molar-refractivity contribution >= 4 is 23.2 Å². The molecule has 2 N–H and O–H groups in total. The Morgan fingerprint density at radius 3 is 2.75 bits per heavy atom. The van der Waals surface area contributed by atoms with Gasteiger partial charge in [0, 0.05) is 31.2 Å². The van der Waals surface area contributed by atoms with E-state index in [9.17, 15) is 9.59 Å². The second kappa shape index (κ2) is 10.1. The molecule has 0 bridgehead atoms. The minimum atomic E-state index is -0.286. The monoisotopic (exact) mass is 454 g/mol. The largest absolute Gasteiger partial charge is 0.383 e. The highest BCUT2D eigenvalue weighted by molar-refractivity contribution is 7.12. The molecule has 32 heavy (non-hydrogen) atoms. The maximum atomic E-state index is 12.9. The number of hydrogen-bond acceptors (Lipinski definition) is 7. The lowest BCUT2D eigenvalue weighted by molar-refractivity contribution is -0.125. The van der Waals surface area contributed by atoms with Crippen LogP contribution in [0.15, 0.2) is 46.3 Å². The number of aryl methyl sites for hydroxylation is 1. The number of hydrogen-bond donors (Lipinski definition) is 2. The lowest BCUT2D eigenvalue weighted by atomic mass is 10.0. The van der Waals surface area contributed by atoms with Gasteiger partial charge in [0.25, 0.3) is 5.91 Å². The molecule has 3 atom stereocenters. The number of thiophene rings is 1. The van der Waals surface area contributed by atoms with Gasteiger partial charge in [0.2, 0.25) is 17.6 Å². The number of rotatable bonds is 8. The van der Waals surface area contributed by atoms with Crippen molar-refractivity contribution in [2.24, 2.45) is 5.92 Å². The molecule has 2 aromatic heterocycles. The fraction of sp³-hybridized carbons (Fsp3) is 0.391. The minimum Gasteiger partial charge on any atom is -0.383 e. The molecule has 1 aliphatic rings. The predicted octanol–water partition coefficient (Wildman–Crippen LogP) is 3.16. The Morgan fingerprint density at radius 1 is 1.22 bits per heavy atom. The van der Waals surface area contributed by atoms with Crippen LogP contribution in [0, 0.1) is 12.8 Å². The van der Waals surface area contributed by atoms with E-state index in [1.54, 1.807) is 7.11 Å². The molecule has 0 aliphatic heterocycles. The fourth-order valence-electron chi connectivity index (χ4n) is 4.03. The molecule has 0 unspecified atom stereocenters. The zero-order valence-electron chi connectivity index (χ0n) is 18.0. The summed E-state index contributed by atoms with van der Waals surface area (Å²) in [4.78, 5) is 30.8. The van der Waals surface area contributed by atoms with E-state index in [4.69, 9.17) is 9.26 Å². The number of nitrogens with zero attached hydrogens (tertiary/aromatic N) is 2. The second-order valence-electron chi connectivity index (χ2n) is 7.89. The van der Waals surface area contributed by atoms with Gasteiger partial charge in [0.05, 0.1) is 17.4 Å². The van der Waals surface area contributed by atoms with Crippen LogP contribution in [-0.4, -0.2) is 48.3 Å². The summed E-state index contributed by atoms with van der Waals surface area (Å²) >= 11 is 1.40. The highest BCUT2D eigenvalue weighted by Crippen LogP contribution is 2.39. The molecule has 2 heterocycles. The maximum Gasteiger partial charge on any atom is 0.261 e. The van der Waals surface area contributed by atoms with Gasteiger partial charge in [-0.3, -0.25) is 9.59 Å². The first-order valence-electron chi connectivity index (χ1n) is 10.6. The predicted molar refractivity (Wildman–Crippen MR) is 120 cm³/mol. The van der Waals surface area contributed by atoms with Crippen LogP contribution >= 0.6 is 11.3 Å². The van der Waals surface area contributed by atoms with Crippen LogP contribution in [0.2, 0.25) is 0 Å². The Labute approximate surface area is 190 Å². The van der Waals surface area contributed by atoms with Gasteiger partial charge in [-0.25, -0.2) is 0 Å². The summed E-state index contributed by atoms with van der Waals surface area (Å²) in [5, 5.41) is 12.0. The van der Waals surface area contributed by atoms with Gasteiger partial charge in [-0.1, -0.05) is 35.5 Å². The third-order valence-electron chi connectivity index (χ3n) is 5.71. The molecular formula is C23H26N4O4S. The van der Waals surface area contributed by atoms with Gasteiger partial charge in [-0.15, -0.1) is 11.3 Å². The maximum absolute atomic E-state index is 12.9. The standard InChI is InChI=1S/C23H26N4O4S/c1-14-8-11-32-19(14)22(29)25-18-13-16(21(28)24-9-10-30-2)12-17(18)23-26-20(27-31-23)15-6-4-3-5-7-15/h3-8,11,16-18H,9-10,12-13H2,1-2H3,(H,24,28)(H,25,29)/t16-,17-,18+/m1/s1. The molecule has 4 rings (SSSR count). The first kappa shape index (κ1) is 22.2. The Kier molecular flexibility index (Phi) is 6.96. The topological polar surface area (TPSA) is 106 Å². The summed E-state index contributed by atoms with van der Waals surface area (Å²) in [5.41, 5.74) is 1.78. The summed E-state index contributed by atoms with van der Waals surface area (Å²) < 4.78 is 10.6. The smallest absolute Gasteiger partial charge is 0.261 e. The van der Waals surface area contributed by atoms with Crippen molar-refractivity contribution in [3.63, 3.8) is 0 Å². The van der Waals surface area contributed by atoms with Gasteiger partial charge in [0.15, 0.2) is 0 Å². The molecule has 1 saturated carbocycles. The minimum absolute atomic E-state index is 0.0566. The number of aromatic nitrogens is 2. The highest BCUT2D eigenvalue weighted by Gasteiger charge is 2.42. The molecule has 1 aliphatic carbocycles. The van der Waals surface area contributed by atoms with E-state index < -0.39 is 0 Å². The average Bonchev–Trinajstić information content (AvgIpc) is 3.54. The van der Waals surface area contributed by atoms with Crippen LogP contribution in [0.25, 0.3) is 11.4 Å². The van der Waals surface area contributed by atoms with Crippen molar-refractivity contribution in [2.45, 2.75) is 31.7 Å². The Hall–Kier alpha value is -3.04. The lowest BCUT2D eigenvalue weighted by Crippen LogP contribution is -2.37. The SMILES string of the molecule is COCCNC(=O)[C@H]1C[C@H](NC(=O)c2sccc2C)[C@H](c2nc(-c3ccccc3)no2)C1. The Balaban J connectivity index is 1.54.